The molecule has 0 radical (unpaired) electrons. The summed E-state index contributed by atoms with van der Waals surface area (Å²) in [6, 6.07) is 0.221. The number of cyclic esters (lactones) is 1. The van der Waals surface area contributed by atoms with Crippen molar-refractivity contribution in [2.75, 3.05) is 6.61 Å². The van der Waals surface area contributed by atoms with Gasteiger partial charge in [-0.3, -0.25) is 14.2 Å². The number of thioether (sulfide) groups is 1. The average molecular weight is 391 g/mol. The molecule has 0 bridgehead atoms. The number of thiophene rings is 1. The number of hydrogen-bond donors (Lipinski definition) is 0. The highest BCUT2D eigenvalue weighted by molar-refractivity contribution is 8.00. The Bertz CT molecular complexity index is 927. The van der Waals surface area contributed by atoms with Gasteiger partial charge in [0.05, 0.1) is 12.0 Å². The van der Waals surface area contributed by atoms with Gasteiger partial charge in [-0.05, 0) is 44.1 Å². The lowest BCUT2D eigenvalue weighted by Crippen LogP contribution is -2.27. The van der Waals surface area contributed by atoms with Crippen LogP contribution in [-0.4, -0.2) is 27.4 Å². The third kappa shape index (κ3) is 2.71. The molecule has 1 aliphatic heterocycles. The zero-order valence-electron chi connectivity index (χ0n) is 14.7. The van der Waals surface area contributed by atoms with E-state index in [9.17, 15) is 9.59 Å². The molecule has 5 rings (SSSR count). The molecule has 5 nitrogen and oxygen atoms in total. The van der Waals surface area contributed by atoms with E-state index in [1.165, 1.54) is 28.6 Å². The largest absolute Gasteiger partial charge is 0.465 e. The van der Waals surface area contributed by atoms with E-state index >= 15 is 0 Å². The normalized spacial score (nSPS) is 23.5. The first-order valence-electron chi connectivity index (χ1n) is 9.62. The molecule has 26 heavy (non-hydrogen) atoms. The van der Waals surface area contributed by atoms with Crippen molar-refractivity contribution in [2.45, 2.75) is 74.2 Å². The van der Waals surface area contributed by atoms with E-state index in [0.29, 0.717) is 13.0 Å². The molecule has 0 spiro atoms. The smallest absolute Gasteiger partial charge is 0.319 e. The van der Waals surface area contributed by atoms with Crippen LogP contribution in [0.25, 0.3) is 10.2 Å². The maximum Gasteiger partial charge on any atom is 0.319 e. The number of rotatable bonds is 3. The number of aromatic nitrogens is 2. The van der Waals surface area contributed by atoms with E-state index in [1.54, 1.807) is 11.3 Å². The number of hydrogen-bond acceptors (Lipinski definition) is 6. The van der Waals surface area contributed by atoms with Crippen LogP contribution in [0.3, 0.4) is 0 Å². The van der Waals surface area contributed by atoms with Gasteiger partial charge in [0.25, 0.3) is 5.56 Å². The second-order valence-corrected chi connectivity index (χ2v) is 9.72. The van der Waals surface area contributed by atoms with Crippen LogP contribution >= 0.6 is 23.1 Å². The highest BCUT2D eigenvalue weighted by atomic mass is 32.2. The minimum absolute atomic E-state index is 0.121. The van der Waals surface area contributed by atoms with Crippen molar-refractivity contribution in [1.82, 2.24) is 9.55 Å². The lowest BCUT2D eigenvalue weighted by Gasteiger charge is -2.19. The number of nitrogens with zero attached hydrogens (tertiary/aromatic N) is 2. The van der Waals surface area contributed by atoms with Gasteiger partial charge in [-0.1, -0.05) is 24.6 Å². The molecule has 7 heteroatoms. The fraction of sp³-hybridized carbons (Fsp3) is 0.632. The van der Waals surface area contributed by atoms with Crippen molar-refractivity contribution in [3.63, 3.8) is 0 Å². The van der Waals surface area contributed by atoms with Gasteiger partial charge in [0.2, 0.25) is 0 Å². The fourth-order valence-corrected chi connectivity index (χ4v) is 6.91. The number of carbonyl (C=O) groups excluding carboxylic acids is 1. The predicted molar refractivity (Wildman–Crippen MR) is 103 cm³/mol. The zero-order chi connectivity index (χ0) is 17.7. The highest BCUT2D eigenvalue weighted by Crippen LogP contribution is 2.39. The van der Waals surface area contributed by atoms with Crippen molar-refractivity contribution in [2.24, 2.45) is 0 Å². The minimum Gasteiger partial charge on any atom is -0.465 e. The third-order valence-electron chi connectivity index (χ3n) is 5.81. The van der Waals surface area contributed by atoms with Crippen LogP contribution in [0.1, 0.15) is 61.4 Å². The Labute approximate surface area is 160 Å². The topological polar surface area (TPSA) is 61.2 Å². The molecule has 3 aliphatic rings. The molecule has 0 aromatic carbocycles. The summed E-state index contributed by atoms with van der Waals surface area (Å²) in [5, 5.41) is 1.34. The van der Waals surface area contributed by atoms with Crippen LogP contribution < -0.4 is 5.56 Å². The quantitative estimate of drug-likeness (QED) is 0.588. The molecule has 0 amide bonds. The monoisotopic (exact) mass is 390 g/mol. The summed E-state index contributed by atoms with van der Waals surface area (Å²) < 4.78 is 7.04. The molecule has 2 fully saturated rings. The van der Waals surface area contributed by atoms with Crippen molar-refractivity contribution in [1.29, 1.82) is 0 Å². The van der Waals surface area contributed by atoms with Gasteiger partial charge < -0.3 is 4.74 Å². The number of carbonyl (C=O) groups is 1. The van der Waals surface area contributed by atoms with Crippen molar-refractivity contribution in [3.05, 3.63) is 20.8 Å². The molecule has 1 atom stereocenters. The summed E-state index contributed by atoms with van der Waals surface area (Å²) in [5.41, 5.74) is 1.37. The first kappa shape index (κ1) is 16.8. The van der Waals surface area contributed by atoms with Crippen LogP contribution in [0.5, 0.6) is 0 Å². The average Bonchev–Trinajstić information content (AvgIpc) is 3.35. The van der Waals surface area contributed by atoms with E-state index < -0.39 is 0 Å². The molecule has 1 saturated heterocycles. The van der Waals surface area contributed by atoms with Gasteiger partial charge in [-0.2, -0.15) is 0 Å². The molecule has 2 aromatic heterocycles. The SMILES string of the molecule is O=C1OCCC1Sc1nc2sc3c(c2c(=O)n1C1CCCC1)CCCC3. The van der Waals surface area contributed by atoms with Gasteiger partial charge in [-0.15, -0.1) is 11.3 Å². The van der Waals surface area contributed by atoms with Crippen LogP contribution in [0.15, 0.2) is 9.95 Å². The zero-order valence-corrected chi connectivity index (χ0v) is 16.3. The third-order valence-corrected chi connectivity index (χ3v) is 8.21. The van der Waals surface area contributed by atoms with E-state index in [-0.39, 0.29) is 22.8 Å². The summed E-state index contributed by atoms with van der Waals surface area (Å²) >= 11 is 3.12. The van der Waals surface area contributed by atoms with Gasteiger partial charge >= 0.3 is 5.97 Å². The Balaban J connectivity index is 1.67. The van der Waals surface area contributed by atoms with E-state index in [4.69, 9.17) is 9.72 Å². The Morgan fingerprint density at radius 1 is 1.08 bits per heavy atom. The molecule has 1 unspecified atom stereocenters. The Hall–Kier alpha value is -1.34. The minimum atomic E-state index is -0.235. The second kappa shape index (κ2) is 6.68. The van der Waals surface area contributed by atoms with Crippen LogP contribution in [-0.2, 0) is 22.4 Å². The molecule has 1 saturated carbocycles. The van der Waals surface area contributed by atoms with Crippen LogP contribution in [0, 0.1) is 0 Å². The van der Waals surface area contributed by atoms with E-state index in [2.05, 4.69) is 0 Å². The Morgan fingerprint density at radius 3 is 2.65 bits per heavy atom. The summed E-state index contributed by atoms with van der Waals surface area (Å²) in [4.78, 5) is 32.6. The number of aryl methyl sites for hydroxylation is 2. The first-order chi connectivity index (χ1) is 12.7. The summed E-state index contributed by atoms with van der Waals surface area (Å²) in [6.45, 7) is 0.472. The van der Waals surface area contributed by atoms with Crippen LogP contribution in [0.4, 0.5) is 0 Å². The summed E-state index contributed by atoms with van der Waals surface area (Å²) in [6.07, 6.45) is 9.50. The number of fused-ring (bicyclic) bond motifs is 3. The van der Waals surface area contributed by atoms with Gasteiger partial charge in [-0.25, -0.2) is 4.98 Å². The molecule has 0 N–H and O–H groups in total. The summed E-state index contributed by atoms with van der Waals surface area (Å²) in [7, 11) is 0. The van der Waals surface area contributed by atoms with E-state index in [1.807, 2.05) is 4.57 Å². The summed E-state index contributed by atoms with van der Waals surface area (Å²) in [5.74, 6) is -0.173. The number of esters is 1. The molecule has 3 heterocycles. The molecule has 2 aliphatic carbocycles. The standard InChI is InChI=1S/C19H22N2O3S2/c22-17-15-12-7-3-4-8-13(12)25-16(15)20-19(21(17)11-5-1-2-6-11)26-14-9-10-24-18(14)23/h11,14H,1-10H2. The fourth-order valence-electron chi connectivity index (χ4n) is 4.48. The lowest BCUT2D eigenvalue weighted by molar-refractivity contribution is -0.137. The van der Waals surface area contributed by atoms with Gasteiger partial charge in [0.1, 0.15) is 10.1 Å². The Morgan fingerprint density at radius 2 is 1.88 bits per heavy atom. The van der Waals surface area contributed by atoms with Crippen molar-refractivity contribution < 1.29 is 9.53 Å². The molecular weight excluding hydrogens is 368 g/mol. The second-order valence-electron chi connectivity index (χ2n) is 7.46. The van der Waals surface area contributed by atoms with Crippen molar-refractivity contribution >= 4 is 39.3 Å². The van der Waals surface area contributed by atoms with E-state index in [0.717, 1.165) is 60.3 Å². The van der Waals surface area contributed by atoms with Gasteiger partial charge in [0, 0.05) is 17.3 Å². The van der Waals surface area contributed by atoms with Gasteiger partial charge in [0.15, 0.2) is 5.16 Å². The highest BCUT2D eigenvalue weighted by Gasteiger charge is 2.32. The lowest BCUT2D eigenvalue weighted by atomic mass is 9.97. The van der Waals surface area contributed by atoms with Crippen LogP contribution in [0.2, 0.25) is 0 Å². The predicted octanol–water partition coefficient (Wildman–Crippen LogP) is 3.86. The molecular formula is C19H22N2O3S2. The molecule has 2 aromatic rings. The first-order valence-corrected chi connectivity index (χ1v) is 11.3. The maximum atomic E-state index is 13.5. The Kier molecular flexibility index (Phi) is 4.32. The number of ether oxygens (including phenoxy) is 1. The maximum absolute atomic E-state index is 13.5. The molecule has 138 valence electrons. The van der Waals surface area contributed by atoms with Crippen molar-refractivity contribution in [3.8, 4) is 0 Å².